The van der Waals surface area contributed by atoms with Crippen LogP contribution >= 0.6 is 0 Å². The molecule has 2 rings (SSSR count). The number of amides is 3. The van der Waals surface area contributed by atoms with E-state index in [2.05, 4.69) is 20.3 Å². The average Bonchev–Trinajstić information content (AvgIpc) is 3.02. The minimum atomic E-state index is -0.896. The monoisotopic (exact) mass is 338 g/mol. The number of nitrogens with zero attached hydrogens (tertiary/aromatic N) is 2. The van der Waals surface area contributed by atoms with Crippen molar-refractivity contribution >= 4 is 23.4 Å². The Morgan fingerprint density at radius 1 is 1.25 bits per heavy atom. The number of urea groups is 1. The second-order valence-electron chi connectivity index (χ2n) is 4.91. The molecule has 2 N–H and O–H groups in total. The molecule has 0 radical (unpaired) electrons. The first-order valence-electron chi connectivity index (χ1n) is 7.20. The molecular weight excluding hydrogens is 322 g/mol. The molecule has 1 heterocycles. The molecule has 0 bridgehead atoms. The Kier molecular flexibility index (Phi) is 5.83. The first-order valence-corrected chi connectivity index (χ1v) is 7.20. The summed E-state index contributed by atoms with van der Waals surface area (Å²) in [4.78, 5) is 25.4. The highest BCUT2D eigenvalue weighted by molar-refractivity contribution is 5.96. The maximum absolute atomic E-state index is 13.6. The summed E-state index contributed by atoms with van der Waals surface area (Å²) < 4.78 is 31.1. The molecule has 0 aliphatic heterocycles. The van der Waals surface area contributed by atoms with Crippen molar-refractivity contribution in [2.24, 2.45) is 0 Å². The molecule has 2 aromatic rings. The third-order valence-corrected chi connectivity index (χ3v) is 2.99. The Balaban J connectivity index is 2.00. The summed E-state index contributed by atoms with van der Waals surface area (Å²) in [5.41, 5.74) is -0.167. The van der Waals surface area contributed by atoms with Crippen LogP contribution in [-0.2, 0) is 4.79 Å². The van der Waals surface area contributed by atoms with Crippen molar-refractivity contribution in [1.82, 2.24) is 10.1 Å². The maximum atomic E-state index is 13.6. The molecule has 0 spiro atoms. The molecule has 0 atom stereocenters. The Hall–Kier alpha value is -2.97. The molecule has 24 heavy (non-hydrogen) atoms. The lowest BCUT2D eigenvalue weighted by molar-refractivity contribution is -0.116. The number of hydrogen-bond acceptors (Lipinski definition) is 4. The van der Waals surface area contributed by atoms with Gasteiger partial charge in [-0.15, -0.1) is 0 Å². The number of carbonyl (C=O) groups is 2. The van der Waals surface area contributed by atoms with Crippen LogP contribution in [0, 0.1) is 11.6 Å². The number of hydrogen-bond donors (Lipinski definition) is 2. The highest BCUT2D eigenvalue weighted by Gasteiger charge is 2.18. The first kappa shape index (κ1) is 17.4. The molecule has 0 aliphatic carbocycles. The Morgan fingerprint density at radius 3 is 2.67 bits per heavy atom. The number of carbonyl (C=O) groups excluding carboxylic acids is 2. The molecule has 0 aliphatic rings. The lowest BCUT2D eigenvalue weighted by Gasteiger charge is -2.22. The van der Waals surface area contributed by atoms with Crippen LogP contribution in [0.3, 0.4) is 0 Å². The minimum Gasteiger partial charge on any atom is -0.363 e. The van der Waals surface area contributed by atoms with Crippen LogP contribution < -0.4 is 10.6 Å². The molecule has 0 saturated heterocycles. The van der Waals surface area contributed by atoms with Gasteiger partial charge in [-0.3, -0.25) is 4.79 Å². The van der Waals surface area contributed by atoms with Crippen molar-refractivity contribution in [3.8, 4) is 0 Å². The van der Waals surface area contributed by atoms with Crippen molar-refractivity contribution in [2.75, 3.05) is 23.7 Å². The summed E-state index contributed by atoms with van der Waals surface area (Å²) in [7, 11) is 0. The van der Waals surface area contributed by atoms with Crippen LogP contribution in [0.15, 0.2) is 35.1 Å². The third kappa shape index (κ3) is 4.77. The van der Waals surface area contributed by atoms with E-state index in [1.54, 1.807) is 0 Å². The normalized spacial score (nSPS) is 10.3. The molecule has 1 aromatic carbocycles. The maximum Gasteiger partial charge on any atom is 0.322 e. The highest BCUT2D eigenvalue weighted by Crippen LogP contribution is 2.15. The Morgan fingerprint density at radius 2 is 2.04 bits per heavy atom. The van der Waals surface area contributed by atoms with E-state index in [0.29, 0.717) is 12.5 Å². The second kappa shape index (κ2) is 8.04. The summed E-state index contributed by atoms with van der Waals surface area (Å²) >= 11 is 0. The van der Waals surface area contributed by atoms with E-state index in [1.807, 2.05) is 6.92 Å². The van der Waals surface area contributed by atoms with Gasteiger partial charge in [0.25, 0.3) is 0 Å². The fourth-order valence-corrected chi connectivity index (χ4v) is 1.94. The zero-order valence-electron chi connectivity index (χ0n) is 12.9. The van der Waals surface area contributed by atoms with Crippen molar-refractivity contribution in [2.45, 2.75) is 13.3 Å². The molecule has 0 fully saturated rings. The van der Waals surface area contributed by atoms with Gasteiger partial charge < -0.3 is 20.1 Å². The summed E-state index contributed by atoms with van der Waals surface area (Å²) in [6.07, 6.45) is 1.89. The second-order valence-corrected chi connectivity index (χ2v) is 4.91. The van der Waals surface area contributed by atoms with Crippen LogP contribution in [-0.4, -0.2) is 35.1 Å². The minimum absolute atomic E-state index is 0.167. The zero-order chi connectivity index (χ0) is 17.5. The van der Waals surface area contributed by atoms with Gasteiger partial charge in [0.15, 0.2) is 5.82 Å². The van der Waals surface area contributed by atoms with E-state index in [9.17, 15) is 18.4 Å². The van der Waals surface area contributed by atoms with Crippen LogP contribution in [0.1, 0.15) is 13.3 Å². The largest absolute Gasteiger partial charge is 0.363 e. The van der Waals surface area contributed by atoms with Gasteiger partial charge in [0.1, 0.15) is 24.4 Å². The number of aromatic nitrogens is 1. The van der Waals surface area contributed by atoms with E-state index >= 15 is 0 Å². The predicted molar refractivity (Wildman–Crippen MR) is 82.4 cm³/mol. The SMILES string of the molecule is CCCN(CC(=O)Nc1ccon1)C(=O)Nc1ccc(F)cc1F. The van der Waals surface area contributed by atoms with Crippen molar-refractivity contribution < 1.29 is 22.9 Å². The number of nitrogens with one attached hydrogen (secondary N) is 2. The first-order chi connectivity index (χ1) is 11.5. The molecule has 1 aromatic heterocycles. The van der Waals surface area contributed by atoms with Crippen molar-refractivity contribution in [1.29, 1.82) is 0 Å². The smallest absolute Gasteiger partial charge is 0.322 e. The topological polar surface area (TPSA) is 87.5 Å². The van der Waals surface area contributed by atoms with Gasteiger partial charge in [-0.1, -0.05) is 12.1 Å². The molecular formula is C15H16F2N4O3. The number of benzene rings is 1. The lowest BCUT2D eigenvalue weighted by Crippen LogP contribution is -2.41. The van der Waals surface area contributed by atoms with Gasteiger partial charge in [-0.25, -0.2) is 13.6 Å². The molecule has 128 valence electrons. The van der Waals surface area contributed by atoms with Crippen LogP contribution in [0.25, 0.3) is 0 Å². The zero-order valence-corrected chi connectivity index (χ0v) is 12.9. The number of anilines is 2. The van der Waals surface area contributed by atoms with Crippen LogP contribution in [0.2, 0.25) is 0 Å². The van der Waals surface area contributed by atoms with Crippen molar-refractivity contribution in [3.63, 3.8) is 0 Å². The molecule has 7 nitrogen and oxygen atoms in total. The average molecular weight is 338 g/mol. The highest BCUT2D eigenvalue weighted by atomic mass is 19.1. The van der Waals surface area contributed by atoms with Crippen LogP contribution in [0.4, 0.5) is 25.1 Å². The van der Waals surface area contributed by atoms with E-state index < -0.39 is 23.6 Å². The number of rotatable bonds is 6. The fourth-order valence-electron chi connectivity index (χ4n) is 1.94. The van der Waals surface area contributed by atoms with Crippen LogP contribution in [0.5, 0.6) is 0 Å². The van der Waals surface area contributed by atoms with Gasteiger partial charge in [-0.2, -0.15) is 0 Å². The van der Waals surface area contributed by atoms with E-state index in [0.717, 1.165) is 12.1 Å². The quantitative estimate of drug-likeness (QED) is 0.848. The molecule has 3 amide bonds. The van der Waals surface area contributed by atoms with Gasteiger partial charge >= 0.3 is 6.03 Å². The summed E-state index contributed by atoms with van der Waals surface area (Å²) in [5, 5.41) is 8.31. The standard InChI is InChI=1S/C15H16F2N4O3/c1-2-6-21(9-14(22)19-13-5-7-24-20-13)15(23)18-12-4-3-10(16)8-11(12)17/h3-5,7-8H,2,6,9H2,1H3,(H,18,23)(H,19,20,22). The third-order valence-electron chi connectivity index (χ3n) is 2.99. The van der Waals surface area contributed by atoms with E-state index in [4.69, 9.17) is 0 Å². The van der Waals surface area contributed by atoms with Gasteiger partial charge in [0, 0.05) is 18.7 Å². The van der Waals surface area contributed by atoms with E-state index in [1.165, 1.54) is 17.2 Å². The Labute approximate surface area is 136 Å². The lowest BCUT2D eigenvalue weighted by atomic mass is 10.3. The van der Waals surface area contributed by atoms with Gasteiger partial charge in [-0.05, 0) is 18.6 Å². The van der Waals surface area contributed by atoms with E-state index in [-0.39, 0.29) is 24.6 Å². The predicted octanol–water partition coefficient (Wildman–Crippen LogP) is 2.84. The Bertz CT molecular complexity index is 707. The summed E-state index contributed by atoms with van der Waals surface area (Å²) in [6.45, 7) is 1.85. The molecule has 9 heteroatoms. The summed E-state index contributed by atoms with van der Waals surface area (Å²) in [6, 6.07) is 3.59. The molecule has 0 unspecified atom stereocenters. The number of halogens is 2. The van der Waals surface area contributed by atoms with Gasteiger partial charge in [0.2, 0.25) is 5.91 Å². The van der Waals surface area contributed by atoms with Gasteiger partial charge in [0.05, 0.1) is 5.69 Å². The summed E-state index contributed by atoms with van der Waals surface area (Å²) in [5.74, 6) is -1.90. The molecule has 0 saturated carbocycles. The van der Waals surface area contributed by atoms with Crippen molar-refractivity contribution in [3.05, 3.63) is 42.2 Å². The fraction of sp³-hybridized carbons (Fsp3) is 0.267.